The molecule has 9 nitrogen and oxygen atoms in total. The Morgan fingerprint density at radius 2 is 1.84 bits per heavy atom. The van der Waals surface area contributed by atoms with Crippen molar-refractivity contribution in [1.29, 1.82) is 0 Å². The summed E-state index contributed by atoms with van der Waals surface area (Å²) >= 11 is 0. The minimum Gasteiger partial charge on any atom is -0.357 e. The van der Waals surface area contributed by atoms with Crippen molar-refractivity contribution in [3.8, 4) is 0 Å². The van der Waals surface area contributed by atoms with E-state index in [1.54, 1.807) is 18.5 Å². The van der Waals surface area contributed by atoms with E-state index in [4.69, 9.17) is 0 Å². The molecule has 0 saturated carbocycles. The summed E-state index contributed by atoms with van der Waals surface area (Å²) in [6, 6.07) is 4.04. The van der Waals surface area contributed by atoms with Crippen LogP contribution in [0.15, 0.2) is 29.6 Å². The Balaban J connectivity index is 1.26. The molecule has 0 aliphatic carbocycles. The monoisotopic (exact) mass is 460 g/mol. The maximum atomic E-state index is 12.8. The van der Waals surface area contributed by atoms with Gasteiger partial charge in [-0.2, -0.15) is 4.31 Å². The molecule has 2 fully saturated rings. The predicted molar refractivity (Wildman–Crippen MR) is 122 cm³/mol. The molecule has 10 heteroatoms. The molecule has 0 unspecified atom stereocenters. The number of nitrogens with one attached hydrogen (secondary N) is 1. The summed E-state index contributed by atoms with van der Waals surface area (Å²) in [5, 5.41) is 3.06. The SMILES string of the molecule is Cc1nc(S(=O)(=O)N2CCC(C(=O)NCc3ccc(N4CCCCC4)nc3)CC2)cn1C. The first kappa shape index (κ1) is 22.7. The second-order valence-electron chi connectivity index (χ2n) is 8.71. The van der Waals surface area contributed by atoms with Crippen LogP contribution in [0.1, 0.15) is 43.5 Å². The van der Waals surface area contributed by atoms with Crippen LogP contribution in [0.3, 0.4) is 0 Å². The van der Waals surface area contributed by atoms with Gasteiger partial charge in [0.05, 0.1) is 0 Å². The summed E-state index contributed by atoms with van der Waals surface area (Å²) in [5.74, 6) is 1.43. The van der Waals surface area contributed by atoms with Gasteiger partial charge in [-0.25, -0.2) is 18.4 Å². The molecule has 4 rings (SSSR count). The topological polar surface area (TPSA) is 100 Å². The minimum atomic E-state index is -3.62. The number of amides is 1. The van der Waals surface area contributed by atoms with E-state index < -0.39 is 10.0 Å². The van der Waals surface area contributed by atoms with Crippen LogP contribution in [-0.2, 0) is 28.4 Å². The molecular weight excluding hydrogens is 428 g/mol. The quantitative estimate of drug-likeness (QED) is 0.706. The van der Waals surface area contributed by atoms with E-state index in [-0.39, 0.29) is 16.9 Å². The molecule has 2 aliphatic heterocycles. The Labute approximate surface area is 189 Å². The van der Waals surface area contributed by atoms with Crippen LogP contribution in [0, 0.1) is 12.8 Å². The molecular formula is C22H32N6O3S. The third-order valence-corrected chi connectivity index (χ3v) is 8.24. The van der Waals surface area contributed by atoms with Gasteiger partial charge in [-0.3, -0.25) is 4.79 Å². The third-order valence-electron chi connectivity index (χ3n) is 6.47. The van der Waals surface area contributed by atoms with Crippen LogP contribution in [0.5, 0.6) is 0 Å². The van der Waals surface area contributed by atoms with Crippen LogP contribution in [0.25, 0.3) is 0 Å². The van der Waals surface area contributed by atoms with Gasteiger partial charge in [-0.1, -0.05) is 6.07 Å². The Bertz CT molecular complexity index is 1020. The molecule has 2 aromatic rings. The molecule has 32 heavy (non-hydrogen) atoms. The number of carbonyl (C=O) groups is 1. The summed E-state index contributed by atoms with van der Waals surface area (Å²) in [4.78, 5) is 23.7. The first-order valence-corrected chi connectivity index (χ1v) is 12.8. The van der Waals surface area contributed by atoms with E-state index in [1.807, 2.05) is 18.3 Å². The molecule has 0 bridgehead atoms. The highest BCUT2D eigenvalue weighted by atomic mass is 32.2. The van der Waals surface area contributed by atoms with Crippen LogP contribution < -0.4 is 10.2 Å². The van der Waals surface area contributed by atoms with E-state index in [9.17, 15) is 13.2 Å². The smallest absolute Gasteiger partial charge is 0.262 e. The van der Waals surface area contributed by atoms with E-state index in [0.29, 0.717) is 38.3 Å². The molecule has 174 valence electrons. The second-order valence-corrected chi connectivity index (χ2v) is 10.6. The Morgan fingerprint density at radius 1 is 1.12 bits per heavy atom. The first-order chi connectivity index (χ1) is 15.3. The molecule has 2 aliphatic rings. The molecule has 0 atom stereocenters. The molecule has 0 radical (unpaired) electrons. The number of piperidine rings is 2. The summed E-state index contributed by atoms with van der Waals surface area (Å²) < 4.78 is 28.8. The lowest BCUT2D eigenvalue weighted by molar-refractivity contribution is -0.126. The molecule has 0 spiro atoms. The van der Waals surface area contributed by atoms with Crippen molar-refractivity contribution in [2.24, 2.45) is 13.0 Å². The van der Waals surface area contributed by atoms with Gasteiger partial charge < -0.3 is 14.8 Å². The van der Waals surface area contributed by atoms with Crippen molar-refractivity contribution in [3.63, 3.8) is 0 Å². The summed E-state index contributed by atoms with van der Waals surface area (Å²) in [6.07, 6.45) is 8.07. The minimum absolute atomic E-state index is 0.0316. The second kappa shape index (κ2) is 9.58. The fourth-order valence-corrected chi connectivity index (χ4v) is 5.80. The van der Waals surface area contributed by atoms with E-state index in [2.05, 4.69) is 20.2 Å². The number of hydrogen-bond donors (Lipinski definition) is 1. The van der Waals surface area contributed by atoms with Crippen LogP contribution in [-0.4, -0.2) is 59.3 Å². The normalized spacial score (nSPS) is 18.6. The Hall–Kier alpha value is -2.46. The van der Waals surface area contributed by atoms with Crippen molar-refractivity contribution < 1.29 is 13.2 Å². The van der Waals surface area contributed by atoms with Crippen LogP contribution in [0.2, 0.25) is 0 Å². The number of imidazole rings is 1. The van der Waals surface area contributed by atoms with E-state index >= 15 is 0 Å². The fraction of sp³-hybridized carbons (Fsp3) is 0.591. The van der Waals surface area contributed by atoms with Gasteiger partial charge in [-0.15, -0.1) is 0 Å². The van der Waals surface area contributed by atoms with Crippen molar-refractivity contribution in [1.82, 2.24) is 24.2 Å². The maximum absolute atomic E-state index is 12.8. The number of hydrogen-bond acceptors (Lipinski definition) is 6. The average molecular weight is 461 g/mol. The third kappa shape index (κ3) is 4.96. The van der Waals surface area contributed by atoms with Crippen molar-refractivity contribution in [2.75, 3.05) is 31.1 Å². The zero-order valence-corrected chi connectivity index (χ0v) is 19.6. The predicted octanol–water partition coefficient (Wildman–Crippen LogP) is 1.83. The first-order valence-electron chi connectivity index (χ1n) is 11.3. The zero-order valence-electron chi connectivity index (χ0n) is 18.8. The van der Waals surface area contributed by atoms with E-state index in [1.165, 1.54) is 29.8 Å². The number of anilines is 1. The molecule has 2 saturated heterocycles. The number of sulfonamides is 1. The van der Waals surface area contributed by atoms with Crippen LogP contribution in [0.4, 0.5) is 5.82 Å². The summed E-state index contributed by atoms with van der Waals surface area (Å²) in [7, 11) is -1.85. The van der Waals surface area contributed by atoms with Gasteiger partial charge in [0.15, 0.2) is 5.03 Å². The summed E-state index contributed by atoms with van der Waals surface area (Å²) in [5.41, 5.74) is 0.963. The van der Waals surface area contributed by atoms with Gasteiger partial charge in [0.1, 0.15) is 11.6 Å². The largest absolute Gasteiger partial charge is 0.357 e. The number of nitrogens with zero attached hydrogens (tertiary/aromatic N) is 5. The molecule has 0 aromatic carbocycles. The number of rotatable bonds is 6. The zero-order chi connectivity index (χ0) is 22.7. The fourth-order valence-electron chi connectivity index (χ4n) is 4.31. The Morgan fingerprint density at radius 3 is 2.44 bits per heavy atom. The molecule has 2 aromatic heterocycles. The van der Waals surface area contributed by atoms with Crippen LogP contribution >= 0.6 is 0 Å². The highest BCUT2D eigenvalue weighted by Crippen LogP contribution is 2.24. The number of pyridine rings is 1. The maximum Gasteiger partial charge on any atom is 0.262 e. The molecule has 1 amide bonds. The lowest BCUT2D eigenvalue weighted by Crippen LogP contribution is -2.43. The van der Waals surface area contributed by atoms with E-state index in [0.717, 1.165) is 24.5 Å². The average Bonchev–Trinajstić information content (AvgIpc) is 3.17. The standard InChI is InChI=1S/C22H32N6O3S/c1-17-25-21(16-26(17)2)32(30,31)28-12-8-19(9-13-28)22(29)24-15-18-6-7-20(23-14-18)27-10-4-3-5-11-27/h6-7,14,16,19H,3-5,8-13,15H2,1-2H3,(H,24,29). The number of aryl methyl sites for hydroxylation is 2. The molecule has 1 N–H and O–H groups in total. The van der Waals surface area contributed by atoms with Gasteiger partial charge in [0.2, 0.25) is 5.91 Å². The Kier molecular flexibility index (Phi) is 6.80. The van der Waals surface area contributed by atoms with Crippen molar-refractivity contribution in [2.45, 2.75) is 50.6 Å². The lowest BCUT2D eigenvalue weighted by atomic mass is 9.97. The number of carbonyl (C=O) groups excluding carboxylic acids is 1. The highest BCUT2D eigenvalue weighted by Gasteiger charge is 2.33. The summed E-state index contributed by atoms with van der Waals surface area (Å²) in [6.45, 7) is 4.95. The van der Waals surface area contributed by atoms with Gasteiger partial charge >= 0.3 is 0 Å². The highest BCUT2D eigenvalue weighted by molar-refractivity contribution is 7.89. The van der Waals surface area contributed by atoms with Crippen molar-refractivity contribution in [3.05, 3.63) is 35.9 Å². The van der Waals surface area contributed by atoms with Gasteiger partial charge in [0.25, 0.3) is 10.0 Å². The van der Waals surface area contributed by atoms with Gasteiger partial charge in [-0.05, 0) is 50.7 Å². The molecule has 4 heterocycles. The van der Waals surface area contributed by atoms with Gasteiger partial charge in [0, 0.05) is 58.1 Å². The lowest BCUT2D eigenvalue weighted by Gasteiger charge is -2.30. The number of aromatic nitrogens is 3. The van der Waals surface area contributed by atoms with Crippen molar-refractivity contribution >= 4 is 21.7 Å².